The highest BCUT2D eigenvalue weighted by molar-refractivity contribution is 5.89. The number of hydrogen-bond donors (Lipinski definition) is 1. The second kappa shape index (κ2) is 4.45. The number of methoxy groups -OCH3 is 1. The van der Waals surface area contributed by atoms with Crippen molar-refractivity contribution in [2.45, 2.75) is 25.9 Å². The number of carbonyl (C=O) groups is 1. The minimum Gasteiger partial charge on any atom is -0.478 e. The van der Waals surface area contributed by atoms with Crippen molar-refractivity contribution in [2.24, 2.45) is 0 Å². The van der Waals surface area contributed by atoms with E-state index in [4.69, 9.17) is 9.84 Å². The van der Waals surface area contributed by atoms with Gasteiger partial charge in [0.1, 0.15) is 0 Å². The van der Waals surface area contributed by atoms with Crippen molar-refractivity contribution in [3.8, 4) is 0 Å². The van der Waals surface area contributed by atoms with Crippen LogP contribution >= 0.6 is 0 Å². The molecule has 0 aromatic heterocycles. The number of rotatable bonds is 4. The Bertz CT molecular complexity index is 356. The van der Waals surface area contributed by atoms with Crippen molar-refractivity contribution in [3.05, 3.63) is 35.4 Å². The van der Waals surface area contributed by atoms with Gasteiger partial charge in [0, 0.05) is 13.5 Å². The number of benzene rings is 1. The standard InChI is InChI=1S/C12H16O3/c1-12(2,15-3)8-9-6-4-5-7-10(9)11(13)14/h4-7H,8H2,1-3H3,(H,13,14). The topological polar surface area (TPSA) is 46.5 Å². The van der Waals surface area contributed by atoms with Crippen molar-refractivity contribution < 1.29 is 14.6 Å². The second-order valence-electron chi connectivity index (χ2n) is 4.10. The Morgan fingerprint density at radius 2 is 2.00 bits per heavy atom. The van der Waals surface area contributed by atoms with Gasteiger partial charge < -0.3 is 9.84 Å². The van der Waals surface area contributed by atoms with Crippen LogP contribution < -0.4 is 0 Å². The van der Waals surface area contributed by atoms with Gasteiger partial charge in [-0.15, -0.1) is 0 Å². The summed E-state index contributed by atoms with van der Waals surface area (Å²) >= 11 is 0. The molecule has 1 N–H and O–H groups in total. The second-order valence-corrected chi connectivity index (χ2v) is 4.10. The molecule has 1 rings (SSSR count). The van der Waals surface area contributed by atoms with Crippen LogP contribution in [0.1, 0.15) is 29.8 Å². The zero-order chi connectivity index (χ0) is 11.5. The van der Waals surface area contributed by atoms with Crippen molar-refractivity contribution in [1.29, 1.82) is 0 Å². The molecule has 0 heterocycles. The Hall–Kier alpha value is -1.35. The number of aromatic carboxylic acids is 1. The van der Waals surface area contributed by atoms with Crippen LogP contribution in [0.5, 0.6) is 0 Å². The highest BCUT2D eigenvalue weighted by Gasteiger charge is 2.20. The van der Waals surface area contributed by atoms with Crippen LogP contribution in [0.25, 0.3) is 0 Å². The fourth-order valence-electron chi connectivity index (χ4n) is 1.41. The number of carboxylic acids is 1. The summed E-state index contributed by atoms with van der Waals surface area (Å²) in [5.41, 5.74) is 0.811. The lowest BCUT2D eigenvalue weighted by Crippen LogP contribution is -2.26. The van der Waals surface area contributed by atoms with E-state index in [0.717, 1.165) is 5.56 Å². The summed E-state index contributed by atoms with van der Waals surface area (Å²) in [6.07, 6.45) is 0.589. The third-order valence-corrected chi connectivity index (χ3v) is 2.42. The summed E-state index contributed by atoms with van der Waals surface area (Å²) in [5.74, 6) is -0.891. The summed E-state index contributed by atoms with van der Waals surface area (Å²) < 4.78 is 5.28. The van der Waals surface area contributed by atoms with Gasteiger partial charge in [-0.25, -0.2) is 4.79 Å². The minimum absolute atomic E-state index is 0.342. The lowest BCUT2D eigenvalue weighted by Gasteiger charge is -2.23. The first kappa shape index (κ1) is 11.7. The maximum Gasteiger partial charge on any atom is 0.335 e. The van der Waals surface area contributed by atoms with Gasteiger partial charge in [0.15, 0.2) is 0 Å². The Balaban J connectivity index is 2.99. The van der Waals surface area contributed by atoms with Crippen LogP contribution in [0.3, 0.4) is 0 Å². The lowest BCUT2D eigenvalue weighted by atomic mass is 9.94. The summed E-state index contributed by atoms with van der Waals surface area (Å²) in [7, 11) is 1.63. The van der Waals surface area contributed by atoms with Crippen LogP contribution in [0.4, 0.5) is 0 Å². The Morgan fingerprint density at radius 3 is 2.53 bits per heavy atom. The molecule has 0 aliphatic heterocycles. The van der Waals surface area contributed by atoms with Crippen molar-refractivity contribution >= 4 is 5.97 Å². The van der Waals surface area contributed by atoms with Crippen molar-refractivity contribution in [1.82, 2.24) is 0 Å². The van der Waals surface area contributed by atoms with Gasteiger partial charge in [-0.3, -0.25) is 0 Å². The molecule has 3 heteroatoms. The summed E-state index contributed by atoms with van der Waals surface area (Å²) in [4.78, 5) is 11.0. The molecular formula is C12H16O3. The van der Waals surface area contributed by atoms with E-state index < -0.39 is 5.97 Å². The maximum absolute atomic E-state index is 11.0. The van der Waals surface area contributed by atoms with Crippen LogP contribution in [0.2, 0.25) is 0 Å². The van der Waals surface area contributed by atoms with Gasteiger partial charge in [0.2, 0.25) is 0 Å². The molecule has 3 nitrogen and oxygen atoms in total. The Kier molecular flexibility index (Phi) is 3.48. The molecule has 1 aromatic carbocycles. The first-order valence-electron chi connectivity index (χ1n) is 4.82. The molecule has 0 amide bonds. The molecule has 0 aliphatic carbocycles. The predicted molar refractivity (Wildman–Crippen MR) is 58.2 cm³/mol. The van der Waals surface area contributed by atoms with E-state index in [1.54, 1.807) is 19.2 Å². The van der Waals surface area contributed by atoms with Gasteiger partial charge in [0.05, 0.1) is 11.2 Å². The van der Waals surface area contributed by atoms with E-state index in [1.807, 2.05) is 26.0 Å². The third kappa shape index (κ3) is 3.06. The van der Waals surface area contributed by atoms with E-state index in [-0.39, 0.29) is 5.60 Å². The molecule has 0 saturated carbocycles. The highest BCUT2D eigenvalue weighted by Crippen LogP contribution is 2.19. The van der Waals surface area contributed by atoms with E-state index in [2.05, 4.69) is 0 Å². The smallest absolute Gasteiger partial charge is 0.335 e. The first-order chi connectivity index (χ1) is 6.96. The fourth-order valence-corrected chi connectivity index (χ4v) is 1.41. The molecule has 0 spiro atoms. The molecule has 82 valence electrons. The average molecular weight is 208 g/mol. The van der Waals surface area contributed by atoms with Crippen LogP contribution in [0.15, 0.2) is 24.3 Å². The molecule has 1 aromatic rings. The van der Waals surface area contributed by atoms with Crippen LogP contribution in [0, 0.1) is 0 Å². The van der Waals surface area contributed by atoms with Gasteiger partial charge in [-0.1, -0.05) is 18.2 Å². The number of hydrogen-bond acceptors (Lipinski definition) is 2. The van der Waals surface area contributed by atoms with Gasteiger partial charge in [-0.05, 0) is 25.5 Å². The normalized spacial score (nSPS) is 11.4. The van der Waals surface area contributed by atoms with E-state index in [0.29, 0.717) is 12.0 Å². The molecule has 0 aliphatic rings. The number of ether oxygens (including phenoxy) is 1. The van der Waals surface area contributed by atoms with Gasteiger partial charge in [-0.2, -0.15) is 0 Å². The van der Waals surface area contributed by atoms with E-state index in [1.165, 1.54) is 0 Å². The molecule has 0 unspecified atom stereocenters. The Morgan fingerprint density at radius 1 is 1.40 bits per heavy atom. The highest BCUT2D eigenvalue weighted by atomic mass is 16.5. The van der Waals surface area contributed by atoms with E-state index in [9.17, 15) is 4.79 Å². The van der Waals surface area contributed by atoms with Crippen LogP contribution in [-0.4, -0.2) is 23.8 Å². The monoisotopic (exact) mass is 208 g/mol. The largest absolute Gasteiger partial charge is 0.478 e. The maximum atomic E-state index is 11.0. The summed E-state index contributed by atoms with van der Waals surface area (Å²) in [6.45, 7) is 3.87. The van der Waals surface area contributed by atoms with Gasteiger partial charge >= 0.3 is 5.97 Å². The first-order valence-corrected chi connectivity index (χ1v) is 4.82. The fraction of sp³-hybridized carbons (Fsp3) is 0.417. The zero-order valence-corrected chi connectivity index (χ0v) is 9.28. The van der Waals surface area contributed by atoms with Gasteiger partial charge in [0.25, 0.3) is 0 Å². The molecule has 0 bridgehead atoms. The summed E-state index contributed by atoms with van der Waals surface area (Å²) in [6, 6.07) is 7.01. The van der Waals surface area contributed by atoms with E-state index >= 15 is 0 Å². The zero-order valence-electron chi connectivity index (χ0n) is 9.28. The van der Waals surface area contributed by atoms with Crippen LogP contribution in [-0.2, 0) is 11.2 Å². The quantitative estimate of drug-likeness (QED) is 0.826. The molecule has 0 fully saturated rings. The minimum atomic E-state index is -0.891. The van der Waals surface area contributed by atoms with Crippen molar-refractivity contribution in [2.75, 3.05) is 7.11 Å². The predicted octanol–water partition coefficient (Wildman–Crippen LogP) is 2.35. The number of carboxylic acid groups (broad SMARTS) is 1. The molecule has 15 heavy (non-hydrogen) atoms. The Labute approximate surface area is 89.7 Å². The lowest BCUT2D eigenvalue weighted by molar-refractivity contribution is 0.0229. The van der Waals surface area contributed by atoms with Crippen molar-refractivity contribution in [3.63, 3.8) is 0 Å². The average Bonchev–Trinajstić information content (AvgIpc) is 2.18. The summed E-state index contributed by atoms with van der Waals surface area (Å²) in [5, 5.41) is 8.99. The molecule has 0 radical (unpaired) electrons. The third-order valence-electron chi connectivity index (χ3n) is 2.42. The SMILES string of the molecule is COC(C)(C)Cc1ccccc1C(=O)O. The molecular weight excluding hydrogens is 192 g/mol. The molecule has 0 atom stereocenters. The molecule has 0 saturated heterocycles.